The van der Waals surface area contributed by atoms with Crippen LogP contribution >= 0.6 is 0 Å². The summed E-state index contributed by atoms with van der Waals surface area (Å²) in [4.78, 5) is 104. The number of benzene rings is 7. The molecule has 0 aliphatic rings. The first-order valence-electron chi connectivity index (χ1n) is 31.7. The Morgan fingerprint density at radius 2 is 0.445 bits per heavy atom. The average molecular weight is 1630 g/mol. The summed E-state index contributed by atoms with van der Waals surface area (Å²) in [5.41, 5.74) is 41.9. The Labute approximate surface area is 627 Å². The van der Waals surface area contributed by atoms with Crippen molar-refractivity contribution in [2.75, 3.05) is 31.9 Å². The highest BCUT2D eigenvalue weighted by molar-refractivity contribution is 7.93. The van der Waals surface area contributed by atoms with Crippen molar-refractivity contribution in [1.29, 1.82) is 0 Å². The summed E-state index contributed by atoms with van der Waals surface area (Å²) in [6, 6.07) is 30.0. The predicted octanol–water partition coefficient (Wildman–Crippen LogP) is 2.07. The van der Waals surface area contributed by atoms with Crippen LogP contribution in [0.4, 0.5) is 69.0 Å². The third-order valence-corrected chi connectivity index (χ3v) is 26.3. The summed E-state index contributed by atoms with van der Waals surface area (Å²) in [6.07, 6.45) is -5.89. The van der Waals surface area contributed by atoms with Gasteiger partial charge in [0.15, 0.2) is 39.3 Å². The molecule has 8 aromatic rings. The van der Waals surface area contributed by atoms with E-state index in [1.165, 1.54) is 103 Å². The molecule has 0 atom stereocenters. The van der Waals surface area contributed by atoms with E-state index >= 15 is 0 Å². The molecule has 582 valence electrons. The molecular formula is C65H69N17O22S6. The van der Waals surface area contributed by atoms with Crippen molar-refractivity contribution in [2.24, 2.45) is 45.9 Å². The monoisotopic (exact) mass is 1630 g/mol. The summed E-state index contributed by atoms with van der Waals surface area (Å²) in [6.45, 7) is 0. The van der Waals surface area contributed by atoms with Gasteiger partial charge in [-0.3, -0.25) is 47.5 Å². The summed E-state index contributed by atoms with van der Waals surface area (Å²) < 4.78 is 184. The van der Waals surface area contributed by atoms with Gasteiger partial charge in [0, 0.05) is 114 Å². The third-order valence-electron chi connectivity index (χ3n) is 15.9. The van der Waals surface area contributed by atoms with Crippen molar-refractivity contribution in [3.05, 3.63) is 152 Å². The van der Waals surface area contributed by atoms with Gasteiger partial charge in [0.05, 0.1) is 40.6 Å². The molecule has 1 aromatic heterocycles. The van der Waals surface area contributed by atoms with E-state index in [1.54, 1.807) is 0 Å². The van der Waals surface area contributed by atoms with E-state index in [1.807, 2.05) is 0 Å². The molecule has 0 unspecified atom stereocenters. The summed E-state index contributed by atoms with van der Waals surface area (Å²) in [5, 5.41) is 11.1. The van der Waals surface area contributed by atoms with Crippen LogP contribution in [-0.4, -0.2) is 143 Å². The maximum atomic E-state index is 13.6. The topological polar surface area (TPSA) is 701 Å². The highest BCUT2D eigenvalue weighted by Gasteiger charge is 2.35. The number of carbonyl (C=O) groups is 8. The number of hydrogen-bond donors (Lipinski definition) is 16. The molecule has 0 saturated carbocycles. The van der Waals surface area contributed by atoms with Crippen molar-refractivity contribution in [3.63, 3.8) is 0 Å². The summed E-state index contributed by atoms with van der Waals surface area (Å²) in [7, 11) is -28.4. The van der Waals surface area contributed by atoms with Gasteiger partial charge < -0.3 is 77.8 Å². The smallest absolute Gasteiger partial charge is 0.295 e. The lowest BCUT2D eigenvalue weighted by Gasteiger charge is -2.18. The molecule has 7 aromatic carbocycles. The zero-order chi connectivity index (χ0) is 81.2. The first kappa shape index (κ1) is 83.4. The van der Waals surface area contributed by atoms with Crippen LogP contribution < -0.4 is 77.8 Å². The van der Waals surface area contributed by atoms with Gasteiger partial charge in [-0.15, -0.1) is 0 Å². The Balaban J connectivity index is 1.15. The van der Waals surface area contributed by atoms with E-state index in [-0.39, 0.29) is 82.7 Å². The first-order chi connectivity index (χ1) is 51.3. The number of hydrogen-bond acceptors (Lipinski definition) is 29. The molecule has 0 spiro atoms. The molecule has 0 aliphatic carbocycles. The zero-order valence-corrected chi connectivity index (χ0v) is 61.8. The second kappa shape index (κ2) is 33.9. The van der Waals surface area contributed by atoms with Crippen molar-refractivity contribution >= 4 is 176 Å². The molecule has 8 amide bonds. The fourth-order valence-corrected chi connectivity index (χ4v) is 19.1. The van der Waals surface area contributed by atoms with Crippen LogP contribution in [0.15, 0.2) is 181 Å². The second-order valence-corrected chi connectivity index (χ2v) is 36.0. The standard InChI is InChI=1S/C65H69N17O22S6/c66-55(83)26-47(27-56(67)84)105(91,92)43-11-1-34(2-12-43)74-40-21-41(75-35-3-13-44(14-4-35)106(93,94)48(28-57(68)85)29-58(69)86)23-42(22-40)76-38-9-19-51(53(24-38)109(99,100)101)52-20-10-39(25-54(52)110(102,103)104)79-65-81-63(77-36-5-15-45(16-6-36)107(95,96)49(30-59(70)87)31-60(71)88)80-64(82-65)78-37-7-17-46(18-8-37)108(97,98)50(32-61(72)89)33-62(73)90/h1-25,47-50,74-76H,26-33H2,(H2,66,83)(H2,67,84)(H2,68,85)(H2,69,86)(H2,70,87)(H2,71,88)(H2,72,89)(H2,73,90)(H,99,100,101)(H,102,103,104)(H3,77,78,79,80,81,82). The highest BCUT2D eigenvalue weighted by atomic mass is 32.2. The minimum absolute atomic E-state index is 0.0824. The highest BCUT2D eigenvalue weighted by Crippen LogP contribution is 2.39. The Morgan fingerprint density at radius 3 is 0.655 bits per heavy atom. The van der Waals surface area contributed by atoms with Gasteiger partial charge in [-0.1, -0.05) is 12.1 Å². The van der Waals surface area contributed by atoms with Gasteiger partial charge in [0.1, 0.15) is 9.79 Å². The van der Waals surface area contributed by atoms with Crippen LogP contribution in [0.1, 0.15) is 51.4 Å². The molecule has 110 heavy (non-hydrogen) atoms. The number of anilines is 12. The molecular weight excluding hydrogens is 1560 g/mol. The lowest BCUT2D eigenvalue weighted by atomic mass is 10.0. The van der Waals surface area contributed by atoms with Crippen LogP contribution in [0.2, 0.25) is 0 Å². The number of nitrogens with two attached hydrogens (primary N) is 8. The van der Waals surface area contributed by atoms with Crippen molar-refractivity contribution in [1.82, 2.24) is 15.0 Å². The van der Waals surface area contributed by atoms with E-state index in [2.05, 4.69) is 46.9 Å². The normalized spacial score (nSPS) is 12.1. The number of nitrogens with zero attached hydrogens (tertiary/aromatic N) is 3. The van der Waals surface area contributed by atoms with Crippen LogP contribution in [0.3, 0.4) is 0 Å². The Morgan fingerprint density at radius 1 is 0.264 bits per heavy atom. The molecule has 0 fully saturated rings. The largest absolute Gasteiger partial charge is 0.370 e. The molecule has 39 nitrogen and oxygen atoms in total. The number of sulfone groups is 4. The molecule has 0 saturated heterocycles. The van der Waals surface area contributed by atoms with Crippen LogP contribution in [0.25, 0.3) is 11.1 Å². The molecule has 0 bridgehead atoms. The van der Waals surface area contributed by atoms with E-state index < -0.39 is 206 Å². The fourth-order valence-electron chi connectivity index (χ4n) is 11.0. The van der Waals surface area contributed by atoms with E-state index in [4.69, 9.17) is 45.9 Å². The number of amides is 8. The SMILES string of the molecule is NC(=O)CC(CC(N)=O)S(=O)(=O)c1ccc(Nc2cc(Nc3ccc(S(=O)(=O)C(CC(N)=O)CC(N)=O)cc3)cc(Nc3ccc(-c4ccc(Nc5nc(Nc6ccc(S(=O)(=O)C(CC(N)=O)CC(N)=O)cc6)nc(Nc6ccc(S(=O)(=O)C(CC(N)=O)CC(N)=O)cc6)n5)cc4S(=O)(=O)O)c(S(=O)(=O)O)c3)c2)cc1. The van der Waals surface area contributed by atoms with Gasteiger partial charge in [0.25, 0.3) is 20.2 Å². The van der Waals surface area contributed by atoms with Crippen molar-refractivity contribution < 1.29 is 98.0 Å². The van der Waals surface area contributed by atoms with E-state index in [0.29, 0.717) is 0 Å². The molecule has 1 heterocycles. The molecule has 0 radical (unpaired) electrons. The first-order valence-corrected chi connectivity index (χ1v) is 40.7. The molecule has 8 rings (SSSR count). The Bertz CT molecular complexity index is 5020. The van der Waals surface area contributed by atoms with Gasteiger partial charge in [0.2, 0.25) is 65.1 Å². The average Bonchev–Trinajstić information content (AvgIpc) is 0.768. The maximum Gasteiger partial charge on any atom is 0.295 e. The minimum Gasteiger partial charge on any atom is -0.370 e. The lowest BCUT2D eigenvalue weighted by Crippen LogP contribution is -2.32. The number of rotatable bonds is 39. The molecule has 24 N–H and O–H groups in total. The quantitative estimate of drug-likeness (QED) is 0.0245. The maximum absolute atomic E-state index is 13.6. The Hall–Kier alpha value is -12.3. The van der Waals surface area contributed by atoms with Crippen molar-refractivity contribution in [2.45, 2.75) is 102 Å². The lowest BCUT2D eigenvalue weighted by molar-refractivity contribution is -0.120. The minimum atomic E-state index is -5.41. The molecule has 0 aliphatic heterocycles. The van der Waals surface area contributed by atoms with Gasteiger partial charge in [-0.05, 0) is 140 Å². The fraction of sp³-hybridized carbons (Fsp3) is 0.185. The van der Waals surface area contributed by atoms with Crippen LogP contribution in [0, 0.1) is 0 Å². The van der Waals surface area contributed by atoms with Crippen molar-refractivity contribution in [3.8, 4) is 11.1 Å². The number of primary amides is 8. The van der Waals surface area contributed by atoms with Crippen LogP contribution in [-0.2, 0) is 97.9 Å². The Kier molecular flexibility index (Phi) is 25.7. The van der Waals surface area contributed by atoms with E-state index in [9.17, 15) is 98.0 Å². The number of nitrogens with one attached hydrogen (secondary N) is 6. The predicted molar refractivity (Wildman–Crippen MR) is 398 cm³/mol. The zero-order valence-electron chi connectivity index (χ0n) is 56.9. The number of carbonyl (C=O) groups excluding carboxylic acids is 8. The van der Waals surface area contributed by atoms with Gasteiger partial charge >= 0.3 is 0 Å². The number of aromatic nitrogens is 3. The van der Waals surface area contributed by atoms with Gasteiger partial charge in [-0.2, -0.15) is 31.8 Å². The second-order valence-electron chi connectivity index (χ2n) is 24.4. The molecule has 45 heteroatoms. The van der Waals surface area contributed by atoms with Crippen LogP contribution in [0.5, 0.6) is 0 Å². The third kappa shape index (κ3) is 22.0. The van der Waals surface area contributed by atoms with Gasteiger partial charge in [-0.25, -0.2) is 33.7 Å². The van der Waals surface area contributed by atoms with E-state index in [0.717, 1.165) is 48.5 Å². The summed E-state index contributed by atoms with van der Waals surface area (Å²) >= 11 is 0. The summed E-state index contributed by atoms with van der Waals surface area (Å²) in [5.74, 6) is -9.35.